The predicted octanol–water partition coefficient (Wildman–Crippen LogP) is 2.66. The molecule has 0 saturated carbocycles. The van der Waals surface area contributed by atoms with Gasteiger partial charge in [0.2, 0.25) is 0 Å². The lowest BCUT2D eigenvalue weighted by Crippen LogP contribution is -2.32. The lowest BCUT2D eigenvalue weighted by atomic mass is 10.1. The molecule has 25 heavy (non-hydrogen) atoms. The SMILES string of the molecule is Cl.O=C(c1cccc(F)c1)N1CCCC1c1ncc2c(n1)CCNC2. The van der Waals surface area contributed by atoms with E-state index in [2.05, 4.69) is 10.3 Å². The maximum Gasteiger partial charge on any atom is 0.254 e. The second-order valence-electron chi connectivity index (χ2n) is 6.29. The van der Waals surface area contributed by atoms with E-state index in [4.69, 9.17) is 4.98 Å². The molecule has 1 N–H and O–H groups in total. The van der Waals surface area contributed by atoms with Crippen LogP contribution in [0.5, 0.6) is 0 Å². The number of aromatic nitrogens is 2. The van der Waals surface area contributed by atoms with Crippen LogP contribution in [0.4, 0.5) is 4.39 Å². The van der Waals surface area contributed by atoms with Gasteiger partial charge < -0.3 is 10.2 Å². The highest BCUT2D eigenvalue weighted by Gasteiger charge is 2.33. The van der Waals surface area contributed by atoms with Crippen LogP contribution in [0.3, 0.4) is 0 Å². The van der Waals surface area contributed by atoms with Gasteiger partial charge in [-0.3, -0.25) is 4.79 Å². The quantitative estimate of drug-likeness (QED) is 0.892. The molecule has 0 bridgehead atoms. The molecule has 132 valence electrons. The lowest BCUT2D eigenvalue weighted by Gasteiger charge is -2.25. The molecule has 1 saturated heterocycles. The Kier molecular flexibility index (Phi) is 5.30. The maximum atomic E-state index is 13.4. The zero-order valence-corrected chi connectivity index (χ0v) is 14.6. The molecule has 0 aliphatic carbocycles. The molecule has 1 aromatic carbocycles. The van der Waals surface area contributed by atoms with Gasteiger partial charge in [0, 0.05) is 49.1 Å². The van der Waals surface area contributed by atoms with Crippen LogP contribution < -0.4 is 5.32 Å². The Morgan fingerprint density at radius 3 is 3.08 bits per heavy atom. The molecular formula is C18H20ClFN4O. The molecule has 3 heterocycles. The van der Waals surface area contributed by atoms with Gasteiger partial charge in [0.25, 0.3) is 5.91 Å². The number of nitrogens with one attached hydrogen (secondary N) is 1. The summed E-state index contributed by atoms with van der Waals surface area (Å²) in [5.74, 6) is 0.159. The zero-order valence-electron chi connectivity index (χ0n) is 13.7. The van der Waals surface area contributed by atoms with Crippen LogP contribution in [0.1, 0.15) is 46.3 Å². The molecule has 5 nitrogen and oxygen atoms in total. The van der Waals surface area contributed by atoms with Crippen LogP contribution in [-0.2, 0) is 13.0 Å². The Bertz CT molecular complexity index is 785. The van der Waals surface area contributed by atoms with Gasteiger partial charge in [0.1, 0.15) is 5.82 Å². The van der Waals surface area contributed by atoms with Crippen molar-refractivity contribution in [3.63, 3.8) is 0 Å². The van der Waals surface area contributed by atoms with Gasteiger partial charge in [-0.05, 0) is 31.0 Å². The Balaban J connectivity index is 0.00000182. The van der Waals surface area contributed by atoms with Crippen molar-refractivity contribution in [1.29, 1.82) is 0 Å². The molecule has 1 aromatic heterocycles. The predicted molar refractivity (Wildman–Crippen MR) is 94.1 cm³/mol. The van der Waals surface area contributed by atoms with Crippen LogP contribution >= 0.6 is 12.4 Å². The second-order valence-corrected chi connectivity index (χ2v) is 6.29. The summed E-state index contributed by atoms with van der Waals surface area (Å²) in [6.45, 7) is 2.37. The van der Waals surface area contributed by atoms with Gasteiger partial charge in [-0.2, -0.15) is 0 Å². The summed E-state index contributed by atoms with van der Waals surface area (Å²) in [4.78, 5) is 23.8. The van der Waals surface area contributed by atoms with Crippen LogP contribution in [0.2, 0.25) is 0 Å². The molecule has 1 unspecified atom stereocenters. The van der Waals surface area contributed by atoms with Crippen molar-refractivity contribution in [2.24, 2.45) is 0 Å². The third kappa shape index (κ3) is 3.50. The maximum absolute atomic E-state index is 13.4. The van der Waals surface area contributed by atoms with E-state index in [0.717, 1.165) is 43.6 Å². The van der Waals surface area contributed by atoms with E-state index in [9.17, 15) is 9.18 Å². The van der Waals surface area contributed by atoms with Gasteiger partial charge in [-0.15, -0.1) is 12.4 Å². The highest BCUT2D eigenvalue weighted by Crippen LogP contribution is 2.31. The summed E-state index contributed by atoms with van der Waals surface area (Å²) in [5, 5.41) is 3.30. The normalized spacial score (nSPS) is 19.2. The van der Waals surface area contributed by atoms with Crippen molar-refractivity contribution < 1.29 is 9.18 Å². The number of rotatable bonds is 2. The average Bonchev–Trinajstić information content (AvgIpc) is 3.10. The molecule has 4 rings (SSSR count). The number of nitrogens with zero attached hydrogens (tertiary/aromatic N) is 3. The van der Waals surface area contributed by atoms with Gasteiger partial charge in [-0.1, -0.05) is 6.07 Å². The third-order valence-corrected chi connectivity index (χ3v) is 4.71. The summed E-state index contributed by atoms with van der Waals surface area (Å²) in [6.07, 6.45) is 4.51. The van der Waals surface area contributed by atoms with Gasteiger partial charge in [0.15, 0.2) is 5.82 Å². The minimum atomic E-state index is -0.394. The fourth-order valence-electron chi connectivity index (χ4n) is 3.48. The number of carbonyl (C=O) groups excluding carboxylic acids is 1. The van der Waals surface area contributed by atoms with Crippen molar-refractivity contribution in [3.05, 3.63) is 58.9 Å². The smallest absolute Gasteiger partial charge is 0.254 e. The number of halogens is 2. The number of fused-ring (bicyclic) bond motifs is 1. The summed E-state index contributed by atoms with van der Waals surface area (Å²) >= 11 is 0. The number of hydrogen-bond acceptors (Lipinski definition) is 4. The summed E-state index contributed by atoms with van der Waals surface area (Å²) < 4.78 is 13.4. The Labute approximate surface area is 152 Å². The second kappa shape index (κ2) is 7.45. The minimum Gasteiger partial charge on any atom is -0.328 e. The summed E-state index contributed by atoms with van der Waals surface area (Å²) in [7, 11) is 0. The first kappa shape index (κ1) is 17.8. The summed E-state index contributed by atoms with van der Waals surface area (Å²) in [6, 6.07) is 5.73. The first-order chi connectivity index (χ1) is 11.7. The lowest BCUT2D eigenvalue weighted by molar-refractivity contribution is 0.0729. The van der Waals surface area contributed by atoms with E-state index in [1.807, 2.05) is 6.20 Å². The Morgan fingerprint density at radius 1 is 1.36 bits per heavy atom. The van der Waals surface area contributed by atoms with Crippen molar-refractivity contribution in [2.45, 2.75) is 31.8 Å². The molecule has 0 spiro atoms. The van der Waals surface area contributed by atoms with E-state index in [0.29, 0.717) is 17.9 Å². The average molecular weight is 363 g/mol. The number of likely N-dealkylation sites (tertiary alicyclic amines) is 1. The Hall–Kier alpha value is -2.05. The zero-order chi connectivity index (χ0) is 16.5. The molecule has 0 radical (unpaired) electrons. The van der Waals surface area contributed by atoms with Crippen molar-refractivity contribution in [1.82, 2.24) is 20.2 Å². The Morgan fingerprint density at radius 2 is 2.24 bits per heavy atom. The first-order valence-corrected chi connectivity index (χ1v) is 8.34. The van der Waals surface area contributed by atoms with E-state index in [1.165, 1.54) is 12.1 Å². The number of benzene rings is 1. The molecule has 1 fully saturated rings. The minimum absolute atomic E-state index is 0. The molecule has 2 aliphatic rings. The number of carbonyl (C=O) groups is 1. The van der Waals surface area contributed by atoms with Crippen LogP contribution in [-0.4, -0.2) is 33.9 Å². The third-order valence-electron chi connectivity index (χ3n) is 4.71. The van der Waals surface area contributed by atoms with Crippen LogP contribution in [0.15, 0.2) is 30.5 Å². The van der Waals surface area contributed by atoms with Crippen molar-refractivity contribution in [2.75, 3.05) is 13.1 Å². The largest absolute Gasteiger partial charge is 0.328 e. The van der Waals surface area contributed by atoms with Gasteiger partial charge in [-0.25, -0.2) is 14.4 Å². The molecular weight excluding hydrogens is 343 g/mol. The van der Waals surface area contributed by atoms with Gasteiger partial charge >= 0.3 is 0 Å². The van der Waals surface area contributed by atoms with E-state index >= 15 is 0 Å². The van der Waals surface area contributed by atoms with E-state index in [-0.39, 0.29) is 24.4 Å². The molecule has 1 amide bonds. The van der Waals surface area contributed by atoms with Crippen molar-refractivity contribution >= 4 is 18.3 Å². The molecule has 2 aliphatic heterocycles. The monoisotopic (exact) mass is 362 g/mol. The van der Waals surface area contributed by atoms with Gasteiger partial charge in [0.05, 0.1) is 6.04 Å². The molecule has 1 atom stereocenters. The van der Waals surface area contributed by atoms with E-state index in [1.54, 1.807) is 17.0 Å². The molecule has 7 heteroatoms. The number of amides is 1. The highest BCUT2D eigenvalue weighted by molar-refractivity contribution is 5.94. The fourth-order valence-corrected chi connectivity index (χ4v) is 3.48. The standard InChI is InChI=1S/C18H19FN4O.ClH/c19-14-4-1-3-12(9-14)18(24)23-8-2-5-16(23)17-21-11-13-10-20-7-6-15(13)22-17;/h1,3-4,9,11,16,20H,2,5-8,10H2;1H. The van der Waals surface area contributed by atoms with E-state index < -0.39 is 5.82 Å². The van der Waals surface area contributed by atoms with Crippen LogP contribution in [0.25, 0.3) is 0 Å². The molecule has 2 aromatic rings. The first-order valence-electron chi connectivity index (χ1n) is 8.34. The highest BCUT2D eigenvalue weighted by atomic mass is 35.5. The van der Waals surface area contributed by atoms with Crippen molar-refractivity contribution in [3.8, 4) is 0 Å². The topological polar surface area (TPSA) is 58.1 Å². The number of hydrogen-bond donors (Lipinski definition) is 1. The van der Waals surface area contributed by atoms with Crippen LogP contribution in [0, 0.1) is 5.82 Å². The fraction of sp³-hybridized carbons (Fsp3) is 0.389. The summed E-state index contributed by atoms with van der Waals surface area (Å²) in [5.41, 5.74) is 2.58.